The summed E-state index contributed by atoms with van der Waals surface area (Å²) in [5.74, 6) is 0.814. The number of nitrogens with zero attached hydrogens (tertiary/aromatic N) is 1. The minimum Gasteiger partial charge on any atom is -0.441 e. The molecule has 1 heterocycles. The molecule has 0 unspecified atom stereocenters. The highest BCUT2D eigenvalue weighted by molar-refractivity contribution is 5.85. The summed E-state index contributed by atoms with van der Waals surface area (Å²) in [6.45, 7) is 2.23. The molecule has 2 aromatic rings. The summed E-state index contributed by atoms with van der Waals surface area (Å²) in [5.41, 5.74) is 8.14. The van der Waals surface area contributed by atoms with Crippen LogP contribution >= 0.6 is 0 Å². The van der Waals surface area contributed by atoms with Gasteiger partial charge >= 0.3 is 0 Å². The lowest BCUT2D eigenvalue weighted by Crippen LogP contribution is -1.87. The molecule has 2 N–H and O–H groups in total. The molecular weight excluding hydrogens is 212 g/mol. The van der Waals surface area contributed by atoms with Crippen molar-refractivity contribution in [3.05, 3.63) is 24.1 Å². The number of aromatic nitrogens is 1. The molecule has 17 heavy (non-hydrogen) atoms. The highest BCUT2D eigenvalue weighted by Gasteiger charge is 2.07. The first-order valence-corrected chi connectivity index (χ1v) is 6.45. The highest BCUT2D eigenvalue weighted by atomic mass is 16.3. The van der Waals surface area contributed by atoms with Crippen LogP contribution in [0.1, 0.15) is 44.9 Å². The number of unbranched alkanes of at least 4 members (excludes halogenated alkanes) is 4. The lowest BCUT2D eigenvalue weighted by atomic mass is 10.1. The van der Waals surface area contributed by atoms with Gasteiger partial charge in [-0.3, -0.25) is 0 Å². The smallest absolute Gasteiger partial charge is 0.195 e. The number of benzene rings is 1. The molecule has 0 fully saturated rings. The summed E-state index contributed by atoms with van der Waals surface area (Å²) in [6, 6.07) is 5.67. The quantitative estimate of drug-likeness (QED) is 0.606. The van der Waals surface area contributed by atoms with Crippen LogP contribution in [-0.2, 0) is 6.42 Å². The van der Waals surface area contributed by atoms with Crippen molar-refractivity contribution in [1.29, 1.82) is 0 Å². The number of hydrogen-bond acceptors (Lipinski definition) is 3. The van der Waals surface area contributed by atoms with Crippen molar-refractivity contribution in [1.82, 2.24) is 4.98 Å². The largest absolute Gasteiger partial charge is 0.441 e. The third-order valence-electron chi connectivity index (χ3n) is 2.99. The van der Waals surface area contributed by atoms with E-state index < -0.39 is 0 Å². The van der Waals surface area contributed by atoms with Gasteiger partial charge in [0.2, 0.25) is 0 Å². The van der Waals surface area contributed by atoms with E-state index in [1.165, 1.54) is 25.7 Å². The SMILES string of the molecule is CCCCCCCc1nc2c(N)cccc2o1. The number of para-hydroxylation sites is 1. The Morgan fingerprint density at radius 3 is 2.76 bits per heavy atom. The average molecular weight is 232 g/mol. The summed E-state index contributed by atoms with van der Waals surface area (Å²) >= 11 is 0. The van der Waals surface area contributed by atoms with Crippen LogP contribution in [-0.4, -0.2) is 4.98 Å². The fourth-order valence-electron chi connectivity index (χ4n) is 2.00. The van der Waals surface area contributed by atoms with Crippen LogP contribution in [0.15, 0.2) is 22.6 Å². The standard InChI is InChI=1S/C14H20N2O/c1-2-3-4-5-6-10-13-16-14-11(15)8-7-9-12(14)17-13/h7-9H,2-6,10,15H2,1H3. The van der Waals surface area contributed by atoms with E-state index in [1.54, 1.807) is 0 Å². The van der Waals surface area contributed by atoms with Crippen LogP contribution in [0, 0.1) is 0 Å². The minimum absolute atomic E-state index is 0.698. The summed E-state index contributed by atoms with van der Waals surface area (Å²) in [4.78, 5) is 4.44. The van der Waals surface area contributed by atoms with E-state index in [1.807, 2.05) is 18.2 Å². The van der Waals surface area contributed by atoms with E-state index >= 15 is 0 Å². The van der Waals surface area contributed by atoms with Crippen LogP contribution < -0.4 is 5.73 Å². The molecule has 2 rings (SSSR count). The van der Waals surface area contributed by atoms with Gasteiger partial charge in [-0.05, 0) is 18.6 Å². The lowest BCUT2D eigenvalue weighted by molar-refractivity contribution is 0.507. The molecule has 0 aliphatic heterocycles. The first-order chi connectivity index (χ1) is 8.31. The minimum atomic E-state index is 0.698. The topological polar surface area (TPSA) is 52.0 Å². The summed E-state index contributed by atoms with van der Waals surface area (Å²) in [7, 11) is 0. The molecule has 0 spiro atoms. The van der Waals surface area contributed by atoms with E-state index in [2.05, 4.69) is 11.9 Å². The third-order valence-corrected chi connectivity index (χ3v) is 2.99. The zero-order chi connectivity index (χ0) is 12.1. The van der Waals surface area contributed by atoms with Crippen LogP contribution in [0.4, 0.5) is 5.69 Å². The van der Waals surface area contributed by atoms with Crippen molar-refractivity contribution < 1.29 is 4.42 Å². The van der Waals surface area contributed by atoms with Crippen molar-refractivity contribution in [3.8, 4) is 0 Å². The zero-order valence-electron chi connectivity index (χ0n) is 10.4. The van der Waals surface area contributed by atoms with Gasteiger partial charge in [0.15, 0.2) is 11.5 Å². The van der Waals surface area contributed by atoms with E-state index in [-0.39, 0.29) is 0 Å². The Kier molecular flexibility index (Phi) is 4.02. The van der Waals surface area contributed by atoms with E-state index in [4.69, 9.17) is 10.2 Å². The number of aryl methyl sites for hydroxylation is 1. The average Bonchev–Trinajstić information content (AvgIpc) is 2.73. The maximum atomic E-state index is 5.84. The monoisotopic (exact) mass is 232 g/mol. The Morgan fingerprint density at radius 1 is 1.18 bits per heavy atom. The first kappa shape index (κ1) is 12.0. The Balaban J connectivity index is 1.93. The van der Waals surface area contributed by atoms with Gasteiger partial charge in [-0.1, -0.05) is 38.7 Å². The summed E-state index contributed by atoms with van der Waals surface area (Å²) in [6.07, 6.45) is 7.21. The maximum Gasteiger partial charge on any atom is 0.195 e. The lowest BCUT2D eigenvalue weighted by Gasteiger charge is -1.96. The van der Waals surface area contributed by atoms with Crippen LogP contribution in [0.25, 0.3) is 11.1 Å². The van der Waals surface area contributed by atoms with E-state index in [0.717, 1.165) is 29.8 Å². The van der Waals surface area contributed by atoms with Crippen LogP contribution in [0.3, 0.4) is 0 Å². The molecule has 0 atom stereocenters. The number of anilines is 1. The fourth-order valence-corrected chi connectivity index (χ4v) is 2.00. The van der Waals surface area contributed by atoms with Gasteiger partial charge in [0.1, 0.15) is 5.52 Å². The van der Waals surface area contributed by atoms with Gasteiger partial charge in [0, 0.05) is 6.42 Å². The van der Waals surface area contributed by atoms with Crippen LogP contribution in [0.5, 0.6) is 0 Å². The van der Waals surface area contributed by atoms with Gasteiger partial charge in [-0.25, -0.2) is 4.98 Å². The molecule has 0 amide bonds. The molecule has 92 valence electrons. The van der Waals surface area contributed by atoms with Gasteiger partial charge in [0.05, 0.1) is 5.69 Å². The predicted octanol–water partition coefficient (Wildman–Crippen LogP) is 3.92. The molecule has 1 aromatic carbocycles. The first-order valence-electron chi connectivity index (χ1n) is 6.45. The van der Waals surface area contributed by atoms with Gasteiger partial charge in [-0.2, -0.15) is 0 Å². The van der Waals surface area contributed by atoms with Crippen molar-refractivity contribution in [2.45, 2.75) is 45.4 Å². The van der Waals surface area contributed by atoms with Gasteiger partial charge < -0.3 is 10.2 Å². The number of nitrogen functional groups attached to an aromatic ring is 1. The van der Waals surface area contributed by atoms with Crippen molar-refractivity contribution >= 4 is 16.8 Å². The Hall–Kier alpha value is -1.51. The summed E-state index contributed by atoms with van der Waals surface area (Å²) in [5, 5.41) is 0. The molecule has 0 aliphatic carbocycles. The second-order valence-electron chi connectivity index (χ2n) is 4.47. The molecular formula is C14H20N2O. The van der Waals surface area contributed by atoms with Gasteiger partial charge in [0.25, 0.3) is 0 Å². The van der Waals surface area contributed by atoms with Crippen molar-refractivity contribution in [2.75, 3.05) is 5.73 Å². The highest BCUT2D eigenvalue weighted by Crippen LogP contribution is 2.22. The third kappa shape index (κ3) is 2.99. The second-order valence-corrected chi connectivity index (χ2v) is 4.47. The Morgan fingerprint density at radius 2 is 2.00 bits per heavy atom. The number of fused-ring (bicyclic) bond motifs is 1. The molecule has 0 radical (unpaired) electrons. The second kappa shape index (κ2) is 5.71. The Bertz CT molecular complexity index is 476. The number of rotatable bonds is 6. The maximum absolute atomic E-state index is 5.84. The Labute approximate surface area is 102 Å². The summed E-state index contributed by atoms with van der Waals surface area (Å²) < 4.78 is 5.66. The van der Waals surface area contributed by atoms with E-state index in [0.29, 0.717) is 5.69 Å². The molecule has 0 aliphatic rings. The molecule has 1 aromatic heterocycles. The number of oxazole rings is 1. The fraction of sp³-hybridized carbons (Fsp3) is 0.500. The molecule has 3 nitrogen and oxygen atoms in total. The molecule has 0 bridgehead atoms. The number of nitrogens with two attached hydrogens (primary N) is 1. The van der Waals surface area contributed by atoms with E-state index in [9.17, 15) is 0 Å². The zero-order valence-corrected chi connectivity index (χ0v) is 10.4. The van der Waals surface area contributed by atoms with Crippen LogP contribution in [0.2, 0.25) is 0 Å². The number of hydrogen-bond donors (Lipinski definition) is 1. The van der Waals surface area contributed by atoms with Gasteiger partial charge in [-0.15, -0.1) is 0 Å². The van der Waals surface area contributed by atoms with Crippen molar-refractivity contribution in [2.24, 2.45) is 0 Å². The normalized spacial score (nSPS) is 11.1. The molecule has 0 saturated carbocycles. The molecule has 3 heteroatoms. The predicted molar refractivity (Wildman–Crippen MR) is 70.9 cm³/mol. The molecule has 0 saturated heterocycles. The van der Waals surface area contributed by atoms with Crippen molar-refractivity contribution in [3.63, 3.8) is 0 Å².